The lowest BCUT2D eigenvalue weighted by Gasteiger charge is -2.10. The Kier molecular flexibility index (Phi) is 3.16. The molecule has 0 bridgehead atoms. The number of rotatable bonds is 3. The van der Waals surface area contributed by atoms with Crippen molar-refractivity contribution in [2.24, 2.45) is 0 Å². The van der Waals surface area contributed by atoms with Crippen LogP contribution in [0.3, 0.4) is 0 Å². The van der Waals surface area contributed by atoms with Gasteiger partial charge in [-0.2, -0.15) is 8.42 Å². The maximum absolute atomic E-state index is 11.0. The van der Waals surface area contributed by atoms with Gasteiger partial charge in [-0.15, -0.1) is 0 Å². The van der Waals surface area contributed by atoms with Crippen LogP contribution in [0.4, 0.5) is 0 Å². The van der Waals surface area contributed by atoms with E-state index in [-0.39, 0.29) is 0 Å². The second-order valence-electron chi connectivity index (χ2n) is 3.20. The van der Waals surface area contributed by atoms with Crippen LogP contribution in [-0.4, -0.2) is 14.7 Å². The molecule has 0 spiro atoms. The molecule has 0 amide bonds. The highest BCUT2D eigenvalue weighted by Gasteiger charge is 2.10. The van der Waals surface area contributed by atoms with Gasteiger partial charge >= 0.3 is 10.1 Å². The number of para-hydroxylation sites is 1. The molecule has 0 aliphatic rings. The molecule has 14 heavy (non-hydrogen) atoms. The van der Waals surface area contributed by atoms with Crippen molar-refractivity contribution in [2.45, 2.75) is 20.3 Å². The fourth-order valence-electron chi connectivity index (χ4n) is 1.26. The number of hydrogen-bond acceptors (Lipinski definition) is 3. The van der Waals surface area contributed by atoms with Gasteiger partial charge in [-0.1, -0.05) is 25.1 Å². The second-order valence-corrected chi connectivity index (χ2v) is 4.78. The van der Waals surface area contributed by atoms with E-state index in [0.29, 0.717) is 5.75 Å². The molecule has 1 aromatic carbocycles. The fraction of sp³-hybridized carbons (Fsp3) is 0.400. The molecular formula is C10H14O3S. The molecular weight excluding hydrogens is 200 g/mol. The van der Waals surface area contributed by atoms with Gasteiger partial charge in [0.1, 0.15) is 5.75 Å². The van der Waals surface area contributed by atoms with Crippen LogP contribution in [-0.2, 0) is 16.5 Å². The van der Waals surface area contributed by atoms with Gasteiger partial charge < -0.3 is 4.18 Å². The Hall–Kier alpha value is -1.03. The van der Waals surface area contributed by atoms with Crippen LogP contribution in [0.2, 0.25) is 0 Å². The van der Waals surface area contributed by atoms with Crippen LogP contribution in [0.25, 0.3) is 0 Å². The summed E-state index contributed by atoms with van der Waals surface area (Å²) in [5.41, 5.74) is 1.75. The van der Waals surface area contributed by atoms with Crippen LogP contribution in [0.5, 0.6) is 5.75 Å². The van der Waals surface area contributed by atoms with Crippen LogP contribution in [0, 0.1) is 6.92 Å². The average Bonchev–Trinajstić information content (AvgIpc) is 2.06. The maximum Gasteiger partial charge on any atom is 0.306 e. The van der Waals surface area contributed by atoms with E-state index in [2.05, 4.69) is 0 Å². The van der Waals surface area contributed by atoms with E-state index in [1.165, 1.54) is 0 Å². The van der Waals surface area contributed by atoms with Gasteiger partial charge in [0.15, 0.2) is 0 Å². The minimum atomic E-state index is -3.43. The number of hydrogen-bond donors (Lipinski definition) is 0. The number of aryl methyl sites for hydroxylation is 2. The third-order valence-corrected chi connectivity index (χ3v) is 2.38. The van der Waals surface area contributed by atoms with Crippen molar-refractivity contribution < 1.29 is 12.6 Å². The molecule has 78 valence electrons. The highest BCUT2D eigenvalue weighted by atomic mass is 32.2. The van der Waals surface area contributed by atoms with E-state index < -0.39 is 10.1 Å². The summed E-state index contributed by atoms with van der Waals surface area (Å²) in [6.45, 7) is 3.80. The fourth-order valence-corrected chi connectivity index (χ4v) is 1.80. The Bertz CT molecular complexity index is 421. The minimum Gasteiger partial charge on any atom is -0.382 e. The Morgan fingerprint density at radius 3 is 2.50 bits per heavy atom. The second kappa shape index (κ2) is 4.00. The Morgan fingerprint density at radius 1 is 1.36 bits per heavy atom. The smallest absolute Gasteiger partial charge is 0.306 e. The summed E-state index contributed by atoms with van der Waals surface area (Å²) < 4.78 is 26.9. The number of benzene rings is 1. The summed E-state index contributed by atoms with van der Waals surface area (Å²) >= 11 is 0. The molecule has 1 rings (SSSR count). The summed E-state index contributed by atoms with van der Waals surface area (Å²) in [5.74, 6) is 0.470. The molecule has 0 aliphatic carbocycles. The van der Waals surface area contributed by atoms with Crippen molar-refractivity contribution in [3.63, 3.8) is 0 Å². The van der Waals surface area contributed by atoms with E-state index >= 15 is 0 Å². The van der Waals surface area contributed by atoms with Crippen molar-refractivity contribution in [3.8, 4) is 5.75 Å². The third kappa shape index (κ3) is 2.73. The molecule has 0 atom stereocenters. The van der Waals surface area contributed by atoms with E-state index in [1.54, 1.807) is 0 Å². The molecule has 0 fully saturated rings. The normalized spacial score (nSPS) is 11.4. The first kappa shape index (κ1) is 11.0. The zero-order chi connectivity index (χ0) is 10.8. The van der Waals surface area contributed by atoms with E-state index in [0.717, 1.165) is 23.8 Å². The third-order valence-electron chi connectivity index (χ3n) is 1.91. The van der Waals surface area contributed by atoms with E-state index in [1.807, 2.05) is 32.0 Å². The van der Waals surface area contributed by atoms with Gasteiger partial charge in [-0.25, -0.2) is 0 Å². The minimum absolute atomic E-state index is 0.470. The molecule has 0 N–H and O–H groups in total. The van der Waals surface area contributed by atoms with Crippen molar-refractivity contribution in [3.05, 3.63) is 29.3 Å². The molecule has 4 heteroatoms. The van der Waals surface area contributed by atoms with E-state index in [9.17, 15) is 8.42 Å². The molecule has 0 aromatic heterocycles. The predicted octanol–water partition coefficient (Wildman–Crippen LogP) is 1.90. The zero-order valence-electron chi connectivity index (χ0n) is 8.57. The van der Waals surface area contributed by atoms with Gasteiger partial charge in [0, 0.05) is 0 Å². The Morgan fingerprint density at radius 2 is 2.00 bits per heavy atom. The first-order valence-electron chi connectivity index (χ1n) is 4.42. The first-order valence-corrected chi connectivity index (χ1v) is 6.23. The topological polar surface area (TPSA) is 43.4 Å². The Balaban J connectivity index is 3.18. The van der Waals surface area contributed by atoms with Crippen molar-refractivity contribution in [1.29, 1.82) is 0 Å². The van der Waals surface area contributed by atoms with Crippen molar-refractivity contribution in [2.75, 3.05) is 6.26 Å². The van der Waals surface area contributed by atoms with Crippen molar-refractivity contribution in [1.82, 2.24) is 0 Å². The first-order chi connectivity index (χ1) is 6.44. The summed E-state index contributed by atoms with van der Waals surface area (Å²) in [6.07, 6.45) is 1.81. The molecule has 3 nitrogen and oxygen atoms in total. The predicted molar refractivity (Wildman–Crippen MR) is 56.0 cm³/mol. The molecule has 0 aliphatic heterocycles. The van der Waals surface area contributed by atoms with Gasteiger partial charge in [0.2, 0.25) is 0 Å². The summed E-state index contributed by atoms with van der Waals surface area (Å²) in [4.78, 5) is 0. The average molecular weight is 214 g/mol. The van der Waals surface area contributed by atoms with Crippen molar-refractivity contribution >= 4 is 10.1 Å². The monoisotopic (exact) mass is 214 g/mol. The molecule has 0 radical (unpaired) electrons. The lowest BCUT2D eigenvalue weighted by atomic mass is 10.1. The van der Waals surface area contributed by atoms with Gasteiger partial charge in [-0.3, -0.25) is 0 Å². The molecule has 0 saturated carbocycles. The molecule has 0 saturated heterocycles. The van der Waals surface area contributed by atoms with Gasteiger partial charge in [0.25, 0.3) is 0 Å². The lowest BCUT2D eigenvalue weighted by molar-refractivity contribution is 0.488. The largest absolute Gasteiger partial charge is 0.382 e. The highest BCUT2D eigenvalue weighted by molar-refractivity contribution is 7.86. The van der Waals surface area contributed by atoms with Gasteiger partial charge in [-0.05, 0) is 24.5 Å². The standard InChI is InChI=1S/C10H14O3S/c1-4-9-7-5-6-8(2)10(9)13-14(3,11)12/h5-7H,4H2,1-3H3. The Labute approximate surface area is 84.8 Å². The maximum atomic E-state index is 11.0. The lowest BCUT2D eigenvalue weighted by Crippen LogP contribution is -2.08. The molecule has 1 aromatic rings. The van der Waals surface area contributed by atoms with Crippen LogP contribution >= 0.6 is 0 Å². The van der Waals surface area contributed by atoms with Crippen LogP contribution in [0.15, 0.2) is 18.2 Å². The quantitative estimate of drug-likeness (QED) is 0.722. The van der Waals surface area contributed by atoms with E-state index in [4.69, 9.17) is 4.18 Å². The molecule has 0 heterocycles. The van der Waals surface area contributed by atoms with Crippen LogP contribution < -0.4 is 4.18 Å². The van der Waals surface area contributed by atoms with Crippen LogP contribution in [0.1, 0.15) is 18.1 Å². The SMILES string of the molecule is CCc1cccc(C)c1OS(C)(=O)=O. The summed E-state index contributed by atoms with van der Waals surface area (Å²) in [5, 5.41) is 0. The highest BCUT2D eigenvalue weighted by Crippen LogP contribution is 2.24. The van der Waals surface area contributed by atoms with Gasteiger partial charge in [0.05, 0.1) is 6.26 Å². The summed E-state index contributed by atoms with van der Waals surface area (Å²) in [6, 6.07) is 5.59. The zero-order valence-corrected chi connectivity index (χ0v) is 9.39. The summed E-state index contributed by atoms with van der Waals surface area (Å²) in [7, 11) is -3.43. The molecule has 0 unspecified atom stereocenters.